The van der Waals surface area contributed by atoms with Crippen molar-refractivity contribution in [3.05, 3.63) is 29.6 Å². The third kappa shape index (κ3) is 2.72. The number of nitrogens with one attached hydrogen (secondary N) is 1. The summed E-state index contributed by atoms with van der Waals surface area (Å²) < 4.78 is 41.0. The van der Waals surface area contributed by atoms with Crippen LogP contribution in [-0.2, 0) is 14.8 Å². The van der Waals surface area contributed by atoms with Crippen LogP contribution in [-0.4, -0.2) is 31.0 Å². The van der Waals surface area contributed by atoms with Crippen LogP contribution in [0.2, 0.25) is 0 Å². The van der Waals surface area contributed by atoms with E-state index in [1.54, 1.807) is 0 Å². The molecule has 0 spiro atoms. The van der Waals surface area contributed by atoms with Crippen LogP contribution in [0.3, 0.4) is 0 Å². The van der Waals surface area contributed by atoms with Gasteiger partial charge in [-0.1, -0.05) is 13.8 Å². The SMILES string of the molecule is CC1(C)C2CCC1(CS(=O)(=O)Nc1ccc(F)c(C(=O)O)c1)C(=O)C2. The van der Waals surface area contributed by atoms with Crippen molar-refractivity contribution in [2.75, 3.05) is 10.5 Å². The third-order valence-electron chi connectivity index (χ3n) is 6.05. The molecule has 2 atom stereocenters. The smallest absolute Gasteiger partial charge is 0.338 e. The number of Topliss-reactive ketones (excluding diaryl/α,β-unsaturated/α-hetero) is 1. The van der Waals surface area contributed by atoms with Gasteiger partial charge in [0, 0.05) is 12.1 Å². The summed E-state index contributed by atoms with van der Waals surface area (Å²) in [5.74, 6) is -2.60. The van der Waals surface area contributed by atoms with Gasteiger partial charge in [-0.25, -0.2) is 17.6 Å². The molecule has 0 aliphatic heterocycles. The molecule has 2 aliphatic carbocycles. The first kappa shape index (κ1) is 17.8. The fourth-order valence-corrected chi connectivity index (χ4v) is 6.29. The molecule has 0 aromatic heterocycles. The van der Waals surface area contributed by atoms with Crippen LogP contribution in [0, 0.1) is 22.6 Å². The molecular formula is C17H20FNO5S. The van der Waals surface area contributed by atoms with E-state index in [9.17, 15) is 22.4 Å². The monoisotopic (exact) mass is 369 g/mol. The number of hydrogen-bond acceptors (Lipinski definition) is 4. The van der Waals surface area contributed by atoms with Gasteiger partial charge in [0.2, 0.25) is 10.0 Å². The molecule has 6 nitrogen and oxygen atoms in total. The molecule has 25 heavy (non-hydrogen) atoms. The number of carboxylic acids is 1. The molecule has 2 bridgehead atoms. The lowest BCUT2D eigenvalue weighted by molar-refractivity contribution is -0.128. The van der Waals surface area contributed by atoms with Gasteiger partial charge >= 0.3 is 5.97 Å². The highest BCUT2D eigenvalue weighted by Crippen LogP contribution is 2.64. The summed E-state index contributed by atoms with van der Waals surface area (Å²) in [5, 5.41) is 8.94. The normalized spacial score (nSPS) is 27.5. The van der Waals surface area contributed by atoms with Gasteiger partial charge in [0.1, 0.15) is 11.6 Å². The number of fused-ring (bicyclic) bond motifs is 2. The summed E-state index contributed by atoms with van der Waals surface area (Å²) in [4.78, 5) is 23.5. The van der Waals surface area contributed by atoms with E-state index >= 15 is 0 Å². The van der Waals surface area contributed by atoms with Gasteiger partial charge in [-0.2, -0.15) is 0 Å². The number of halogens is 1. The van der Waals surface area contributed by atoms with Crippen molar-refractivity contribution in [3.63, 3.8) is 0 Å². The molecule has 2 unspecified atom stereocenters. The minimum Gasteiger partial charge on any atom is -0.478 e. The lowest BCUT2D eigenvalue weighted by atomic mass is 9.70. The quantitative estimate of drug-likeness (QED) is 0.831. The molecule has 8 heteroatoms. The highest BCUT2D eigenvalue weighted by atomic mass is 32.2. The number of rotatable bonds is 5. The van der Waals surface area contributed by atoms with Gasteiger partial charge < -0.3 is 5.11 Å². The Morgan fingerprint density at radius 2 is 2.08 bits per heavy atom. The molecule has 2 N–H and O–H groups in total. The number of benzene rings is 1. The van der Waals surface area contributed by atoms with Crippen LogP contribution in [0.5, 0.6) is 0 Å². The lowest BCUT2D eigenvalue weighted by Crippen LogP contribution is -2.43. The molecular weight excluding hydrogens is 349 g/mol. The van der Waals surface area contributed by atoms with Crippen LogP contribution in [0.4, 0.5) is 10.1 Å². The maximum atomic E-state index is 13.5. The Bertz CT molecular complexity index is 864. The predicted molar refractivity (Wildman–Crippen MR) is 89.3 cm³/mol. The Morgan fingerprint density at radius 1 is 1.40 bits per heavy atom. The molecule has 1 aromatic rings. The third-order valence-corrected chi connectivity index (χ3v) is 7.47. The average Bonchev–Trinajstić information content (AvgIpc) is 2.82. The summed E-state index contributed by atoms with van der Waals surface area (Å²) in [7, 11) is -3.91. The van der Waals surface area contributed by atoms with Gasteiger partial charge in [-0.05, 0) is 42.4 Å². The van der Waals surface area contributed by atoms with Crippen molar-refractivity contribution < 1.29 is 27.5 Å². The Balaban J connectivity index is 1.88. The van der Waals surface area contributed by atoms with Crippen molar-refractivity contribution in [2.45, 2.75) is 33.1 Å². The molecule has 136 valence electrons. The van der Waals surface area contributed by atoms with Gasteiger partial charge in [-0.3, -0.25) is 9.52 Å². The van der Waals surface area contributed by atoms with Gasteiger partial charge in [0.15, 0.2) is 0 Å². The van der Waals surface area contributed by atoms with Gasteiger partial charge in [0.25, 0.3) is 0 Å². The summed E-state index contributed by atoms with van der Waals surface area (Å²) in [6, 6.07) is 3.00. The number of sulfonamides is 1. The van der Waals surface area contributed by atoms with E-state index in [1.807, 2.05) is 13.8 Å². The van der Waals surface area contributed by atoms with Crippen LogP contribution in [0.1, 0.15) is 43.5 Å². The van der Waals surface area contributed by atoms with Gasteiger partial charge in [-0.15, -0.1) is 0 Å². The summed E-state index contributed by atoms with van der Waals surface area (Å²) >= 11 is 0. The van der Waals surface area contributed by atoms with Crippen molar-refractivity contribution >= 4 is 27.5 Å². The highest BCUT2D eigenvalue weighted by molar-refractivity contribution is 7.92. The topological polar surface area (TPSA) is 101 Å². The average molecular weight is 369 g/mol. The van der Waals surface area contributed by atoms with Crippen molar-refractivity contribution in [1.29, 1.82) is 0 Å². The molecule has 0 saturated heterocycles. The Hall–Kier alpha value is -1.96. The molecule has 0 heterocycles. The van der Waals surface area contributed by atoms with E-state index in [2.05, 4.69) is 4.72 Å². The van der Waals surface area contributed by atoms with E-state index in [1.165, 1.54) is 0 Å². The second kappa shape index (κ2) is 5.52. The number of carbonyl (C=O) groups excluding carboxylic acids is 1. The van der Waals surface area contributed by atoms with Crippen molar-refractivity contribution in [3.8, 4) is 0 Å². The number of aromatic carboxylic acids is 1. The predicted octanol–water partition coefficient (Wildman–Crippen LogP) is 2.66. The van der Waals surface area contributed by atoms with E-state index in [4.69, 9.17) is 5.11 Å². The molecule has 3 rings (SSSR count). The molecule has 2 fully saturated rings. The highest BCUT2D eigenvalue weighted by Gasteiger charge is 2.65. The summed E-state index contributed by atoms with van der Waals surface area (Å²) in [6.45, 7) is 3.87. The molecule has 2 saturated carbocycles. The maximum Gasteiger partial charge on any atom is 0.338 e. The van der Waals surface area contributed by atoms with Crippen molar-refractivity contribution in [1.82, 2.24) is 0 Å². The maximum absolute atomic E-state index is 13.5. The zero-order valence-corrected chi connectivity index (χ0v) is 14.8. The minimum atomic E-state index is -3.91. The lowest BCUT2D eigenvalue weighted by Gasteiger charge is -2.36. The second-order valence-corrected chi connectivity index (χ2v) is 9.25. The Labute approximate surface area is 145 Å². The zero-order chi connectivity index (χ0) is 18.6. The fourth-order valence-electron chi connectivity index (χ4n) is 4.40. The van der Waals surface area contributed by atoms with Crippen molar-refractivity contribution in [2.24, 2.45) is 16.7 Å². The van der Waals surface area contributed by atoms with E-state index in [0.717, 1.165) is 24.6 Å². The number of anilines is 1. The summed E-state index contributed by atoms with van der Waals surface area (Å²) in [6.07, 6.45) is 1.77. The summed E-state index contributed by atoms with van der Waals surface area (Å²) in [5.41, 5.74) is -1.96. The standard InChI is InChI=1S/C17H20FNO5S/c1-16(2)10-5-6-17(16,14(20)7-10)9-25(23,24)19-11-3-4-13(18)12(8-11)15(21)22/h3-4,8,10,19H,5-7,9H2,1-2H3,(H,21,22). The van der Waals surface area contributed by atoms with Crippen LogP contribution in [0.25, 0.3) is 0 Å². The second-order valence-electron chi connectivity index (χ2n) is 7.53. The largest absolute Gasteiger partial charge is 0.478 e. The zero-order valence-electron chi connectivity index (χ0n) is 14.0. The van der Waals surface area contributed by atoms with E-state index in [-0.39, 0.29) is 23.1 Å². The van der Waals surface area contributed by atoms with Crippen LogP contribution in [0.15, 0.2) is 18.2 Å². The Kier molecular flexibility index (Phi) is 3.94. The number of carboxylic acid groups (broad SMARTS) is 1. The van der Waals surface area contributed by atoms with E-state index < -0.39 is 38.2 Å². The first-order chi connectivity index (χ1) is 11.5. The first-order valence-corrected chi connectivity index (χ1v) is 9.70. The Morgan fingerprint density at radius 3 is 2.60 bits per heavy atom. The number of ketones is 1. The van der Waals surface area contributed by atoms with Crippen LogP contribution >= 0.6 is 0 Å². The number of hydrogen-bond donors (Lipinski definition) is 2. The molecule has 2 aliphatic rings. The molecule has 1 aromatic carbocycles. The number of carbonyl (C=O) groups is 2. The van der Waals surface area contributed by atoms with Crippen LogP contribution < -0.4 is 4.72 Å². The minimum absolute atomic E-state index is 0.0237. The first-order valence-electron chi connectivity index (χ1n) is 8.05. The molecule has 0 radical (unpaired) electrons. The van der Waals surface area contributed by atoms with E-state index in [0.29, 0.717) is 12.8 Å². The molecule has 0 amide bonds. The van der Waals surface area contributed by atoms with Gasteiger partial charge in [0.05, 0.1) is 16.7 Å². The fraction of sp³-hybridized carbons (Fsp3) is 0.529.